The molecule has 0 aliphatic carbocycles. The molecule has 0 spiro atoms. The van der Waals surface area contributed by atoms with Gasteiger partial charge in [-0.05, 0) is 65.0 Å². The molecule has 0 unspecified atom stereocenters. The van der Waals surface area contributed by atoms with E-state index in [1.54, 1.807) is 0 Å². The summed E-state index contributed by atoms with van der Waals surface area (Å²) < 4.78 is 7.47. The molecule has 3 heteroatoms. The third-order valence-electron chi connectivity index (χ3n) is 11.4. The van der Waals surface area contributed by atoms with E-state index in [0.717, 1.165) is 5.69 Å². The standard InChI is InChI=1S/C50H31N3/c1-2-14-32(15-3-1)33-26-28-41-48(30-33)53-45-24-12-6-17-36(45)35-16-4-5-21-40(35)49(53)50(41)52-46-25-13-9-20-39(46)42-31-34(27-29-47(42)52)51-43-22-10-7-18-37(43)38-19-8-11-23-44(38)51/h1-31H. The van der Waals surface area contributed by atoms with Gasteiger partial charge in [0.25, 0.3) is 0 Å². The maximum Gasteiger partial charge on any atom is 0.0803 e. The second kappa shape index (κ2) is 10.7. The summed E-state index contributed by atoms with van der Waals surface area (Å²) in [6.07, 6.45) is 0. The average Bonchev–Trinajstić information content (AvgIpc) is 3.86. The van der Waals surface area contributed by atoms with Gasteiger partial charge in [-0.2, -0.15) is 0 Å². The monoisotopic (exact) mass is 673 g/mol. The van der Waals surface area contributed by atoms with Gasteiger partial charge in [0.15, 0.2) is 0 Å². The fraction of sp³-hybridized carbons (Fsp3) is 0. The number of rotatable bonds is 3. The van der Waals surface area contributed by atoms with Gasteiger partial charge in [0.2, 0.25) is 0 Å². The molecule has 0 radical (unpaired) electrons. The Balaban J connectivity index is 1.24. The highest BCUT2D eigenvalue weighted by Crippen LogP contribution is 2.44. The van der Waals surface area contributed by atoms with Gasteiger partial charge in [-0.1, -0.05) is 140 Å². The highest BCUT2D eigenvalue weighted by atomic mass is 15.0. The van der Waals surface area contributed by atoms with Crippen molar-refractivity contribution in [3.63, 3.8) is 0 Å². The van der Waals surface area contributed by atoms with Gasteiger partial charge < -0.3 is 13.5 Å². The Labute approximate surface area is 304 Å². The van der Waals surface area contributed by atoms with Crippen LogP contribution in [0.3, 0.4) is 0 Å². The van der Waals surface area contributed by atoms with Crippen molar-refractivity contribution < 1.29 is 0 Å². The summed E-state index contributed by atoms with van der Waals surface area (Å²) in [7, 11) is 0. The molecule has 12 rings (SSSR count). The molecule has 8 aromatic carbocycles. The highest BCUT2D eigenvalue weighted by molar-refractivity contribution is 6.22. The van der Waals surface area contributed by atoms with Crippen LogP contribution in [0.2, 0.25) is 0 Å². The van der Waals surface area contributed by atoms with E-state index in [1.807, 2.05) is 0 Å². The zero-order valence-corrected chi connectivity index (χ0v) is 28.7. The van der Waals surface area contributed by atoms with Gasteiger partial charge in [0, 0.05) is 43.4 Å². The lowest BCUT2D eigenvalue weighted by atomic mass is 10.0. The molecular formula is C50H31N3. The van der Waals surface area contributed by atoms with E-state index >= 15 is 0 Å². The first kappa shape index (κ1) is 28.6. The van der Waals surface area contributed by atoms with Gasteiger partial charge in [-0.25, -0.2) is 0 Å². The van der Waals surface area contributed by atoms with Crippen molar-refractivity contribution >= 4 is 81.7 Å². The van der Waals surface area contributed by atoms with Crippen LogP contribution < -0.4 is 0 Å². The molecule has 53 heavy (non-hydrogen) atoms. The molecule has 0 bridgehead atoms. The first-order chi connectivity index (χ1) is 26.3. The minimum atomic E-state index is 1.16. The van der Waals surface area contributed by atoms with Crippen molar-refractivity contribution in [2.75, 3.05) is 0 Å². The van der Waals surface area contributed by atoms with Gasteiger partial charge >= 0.3 is 0 Å². The first-order valence-corrected chi connectivity index (χ1v) is 18.3. The minimum absolute atomic E-state index is 1.16. The zero-order chi connectivity index (χ0) is 34.6. The normalized spacial score (nSPS) is 12.2. The maximum absolute atomic E-state index is 2.53. The molecule has 4 heterocycles. The molecular weight excluding hydrogens is 643 g/mol. The number of para-hydroxylation sites is 4. The molecule has 0 saturated carbocycles. The fourth-order valence-electron chi connectivity index (χ4n) is 9.17. The van der Waals surface area contributed by atoms with Crippen LogP contribution in [0.5, 0.6) is 0 Å². The second-order valence-electron chi connectivity index (χ2n) is 14.1. The molecule has 3 nitrogen and oxygen atoms in total. The number of aromatic nitrogens is 3. The quantitative estimate of drug-likeness (QED) is 0.166. The summed E-state index contributed by atoms with van der Waals surface area (Å²) >= 11 is 0. The molecule has 0 saturated heterocycles. The lowest BCUT2D eigenvalue weighted by molar-refractivity contribution is 1.18. The van der Waals surface area contributed by atoms with Gasteiger partial charge in [-0.3, -0.25) is 0 Å². The van der Waals surface area contributed by atoms with E-state index < -0.39 is 0 Å². The molecule has 246 valence electrons. The SMILES string of the molecule is c1ccc(-c2ccc3c(-n4c5ccccc5c5cc(-n6c7ccccc7c7ccccc76)ccc54)c4c5ccccc5c5ccccc5n4c3c2)cc1. The van der Waals surface area contributed by atoms with E-state index in [9.17, 15) is 0 Å². The van der Waals surface area contributed by atoms with Crippen LogP contribution in [0.1, 0.15) is 0 Å². The summed E-state index contributed by atoms with van der Waals surface area (Å²) in [5, 5.41) is 9.99. The van der Waals surface area contributed by atoms with E-state index in [4.69, 9.17) is 0 Å². The second-order valence-corrected chi connectivity index (χ2v) is 14.1. The number of hydrogen-bond acceptors (Lipinski definition) is 0. The summed E-state index contributed by atoms with van der Waals surface area (Å²) in [5.74, 6) is 0. The van der Waals surface area contributed by atoms with Gasteiger partial charge in [-0.15, -0.1) is 0 Å². The molecule has 0 N–H and O–H groups in total. The minimum Gasteiger partial charge on any atom is -0.309 e. The van der Waals surface area contributed by atoms with Crippen LogP contribution in [-0.4, -0.2) is 13.5 Å². The van der Waals surface area contributed by atoms with Gasteiger partial charge in [0.1, 0.15) is 0 Å². The Morgan fingerprint density at radius 3 is 1.45 bits per heavy atom. The lowest BCUT2D eigenvalue weighted by Gasteiger charge is -2.13. The Bertz CT molecular complexity index is 3400. The largest absolute Gasteiger partial charge is 0.309 e. The number of nitrogens with zero attached hydrogens (tertiary/aromatic N) is 3. The van der Waals surface area contributed by atoms with Crippen LogP contribution in [0, 0.1) is 0 Å². The van der Waals surface area contributed by atoms with Gasteiger partial charge in [0.05, 0.1) is 44.3 Å². The summed E-state index contributed by atoms with van der Waals surface area (Å²) in [6, 6.07) is 69.0. The van der Waals surface area contributed by atoms with E-state index in [0.29, 0.717) is 0 Å². The van der Waals surface area contributed by atoms with Crippen molar-refractivity contribution in [3.05, 3.63) is 188 Å². The zero-order valence-electron chi connectivity index (χ0n) is 28.7. The molecule has 0 aliphatic rings. The van der Waals surface area contributed by atoms with E-state index in [1.165, 1.54) is 98.5 Å². The molecule has 0 atom stereocenters. The van der Waals surface area contributed by atoms with Crippen LogP contribution in [0.4, 0.5) is 0 Å². The van der Waals surface area contributed by atoms with Crippen LogP contribution >= 0.6 is 0 Å². The first-order valence-electron chi connectivity index (χ1n) is 18.3. The third-order valence-corrected chi connectivity index (χ3v) is 11.4. The Morgan fingerprint density at radius 2 is 0.774 bits per heavy atom. The van der Waals surface area contributed by atoms with Crippen molar-refractivity contribution in [1.29, 1.82) is 0 Å². The van der Waals surface area contributed by atoms with E-state index in [2.05, 4.69) is 202 Å². The van der Waals surface area contributed by atoms with Crippen LogP contribution in [0.25, 0.3) is 104 Å². The lowest BCUT2D eigenvalue weighted by Crippen LogP contribution is -1.97. The molecule has 0 amide bonds. The van der Waals surface area contributed by atoms with Crippen molar-refractivity contribution in [3.8, 4) is 22.5 Å². The number of fused-ring (bicyclic) bond motifs is 14. The molecule has 12 aromatic rings. The van der Waals surface area contributed by atoms with Crippen molar-refractivity contribution in [2.24, 2.45) is 0 Å². The van der Waals surface area contributed by atoms with Crippen LogP contribution in [0.15, 0.2) is 188 Å². The predicted octanol–water partition coefficient (Wildman–Crippen LogP) is 13.3. The Hall–Kier alpha value is -7.10. The summed E-state index contributed by atoms with van der Waals surface area (Å²) in [6.45, 7) is 0. The molecule has 0 aliphatic heterocycles. The topological polar surface area (TPSA) is 14.3 Å². The maximum atomic E-state index is 2.53. The summed E-state index contributed by atoms with van der Waals surface area (Å²) in [5.41, 5.74) is 13.2. The fourth-order valence-corrected chi connectivity index (χ4v) is 9.17. The third kappa shape index (κ3) is 3.88. The predicted molar refractivity (Wildman–Crippen MR) is 224 cm³/mol. The smallest absolute Gasteiger partial charge is 0.0803 e. The summed E-state index contributed by atoms with van der Waals surface area (Å²) in [4.78, 5) is 0. The number of pyridine rings is 1. The molecule has 4 aromatic heterocycles. The average molecular weight is 674 g/mol. The molecule has 0 fully saturated rings. The number of hydrogen-bond donors (Lipinski definition) is 0. The van der Waals surface area contributed by atoms with Crippen LogP contribution in [-0.2, 0) is 0 Å². The van der Waals surface area contributed by atoms with E-state index in [-0.39, 0.29) is 0 Å². The Kier molecular flexibility index (Phi) is 5.77. The highest BCUT2D eigenvalue weighted by Gasteiger charge is 2.24. The number of benzene rings is 8. The Morgan fingerprint density at radius 1 is 0.264 bits per heavy atom. The van der Waals surface area contributed by atoms with Crippen molar-refractivity contribution in [2.45, 2.75) is 0 Å². The van der Waals surface area contributed by atoms with Crippen molar-refractivity contribution in [1.82, 2.24) is 13.5 Å².